The molecule has 0 aliphatic heterocycles. The lowest BCUT2D eigenvalue weighted by Gasteiger charge is -2.20. The van der Waals surface area contributed by atoms with Gasteiger partial charge in [0.1, 0.15) is 5.78 Å². The fraction of sp³-hybridized carbons (Fsp3) is 0.417. The smallest absolute Gasteiger partial charge is 0.140 e. The van der Waals surface area contributed by atoms with Gasteiger partial charge >= 0.3 is 0 Å². The number of carbonyl (C=O) groups is 1. The van der Waals surface area contributed by atoms with Crippen molar-refractivity contribution in [1.29, 1.82) is 0 Å². The summed E-state index contributed by atoms with van der Waals surface area (Å²) in [6.07, 6.45) is 2.15. The Morgan fingerprint density at radius 3 is 2.69 bits per heavy atom. The molecule has 0 N–H and O–H groups in total. The third-order valence-corrected chi connectivity index (χ3v) is 2.54. The summed E-state index contributed by atoms with van der Waals surface area (Å²) in [5.41, 5.74) is 1.01. The average molecular weight is 175 g/mol. The molecule has 13 heavy (non-hydrogen) atoms. The van der Waals surface area contributed by atoms with E-state index in [0.29, 0.717) is 6.42 Å². The number of rotatable bonds is 1. The van der Waals surface area contributed by atoms with Gasteiger partial charge in [0.05, 0.1) is 0 Å². The SMILES string of the molecule is [2H][C@@H]1CCCC(=O)[C@@H]1c1ccccc1. The van der Waals surface area contributed by atoms with Gasteiger partial charge in [-0.3, -0.25) is 4.79 Å². The molecule has 1 aromatic rings. The van der Waals surface area contributed by atoms with Crippen molar-refractivity contribution in [3.63, 3.8) is 0 Å². The summed E-state index contributed by atoms with van der Waals surface area (Å²) in [4.78, 5) is 11.7. The van der Waals surface area contributed by atoms with Crippen molar-refractivity contribution in [3.8, 4) is 0 Å². The van der Waals surface area contributed by atoms with Crippen LogP contribution in [-0.4, -0.2) is 5.78 Å². The number of hydrogen-bond acceptors (Lipinski definition) is 1. The minimum absolute atomic E-state index is 0.176. The maximum atomic E-state index is 11.7. The quantitative estimate of drug-likeness (QED) is 0.641. The van der Waals surface area contributed by atoms with Gasteiger partial charge in [0, 0.05) is 13.7 Å². The van der Waals surface area contributed by atoms with E-state index in [2.05, 4.69) is 0 Å². The van der Waals surface area contributed by atoms with E-state index >= 15 is 0 Å². The molecule has 1 nitrogen and oxygen atoms in total. The molecule has 1 saturated carbocycles. The number of benzene rings is 1. The van der Waals surface area contributed by atoms with Gasteiger partial charge in [-0.2, -0.15) is 0 Å². The Morgan fingerprint density at radius 2 is 2.00 bits per heavy atom. The topological polar surface area (TPSA) is 17.1 Å². The third kappa shape index (κ3) is 1.80. The van der Waals surface area contributed by atoms with Gasteiger partial charge in [0.25, 0.3) is 0 Å². The second-order valence-electron chi connectivity index (χ2n) is 3.48. The second-order valence-corrected chi connectivity index (χ2v) is 3.48. The number of carbonyl (C=O) groups excluding carboxylic acids is 1. The van der Waals surface area contributed by atoms with E-state index in [1.165, 1.54) is 0 Å². The normalized spacial score (nSPS) is 29.8. The van der Waals surface area contributed by atoms with Crippen molar-refractivity contribution in [3.05, 3.63) is 35.9 Å². The van der Waals surface area contributed by atoms with Crippen LogP contribution in [0.4, 0.5) is 0 Å². The molecule has 2 atom stereocenters. The Balaban J connectivity index is 2.27. The highest BCUT2D eigenvalue weighted by molar-refractivity contribution is 5.86. The molecule has 1 aliphatic rings. The zero-order valence-electron chi connectivity index (χ0n) is 8.57. The highest BCUT2D eigenvalue weighted by Gasteiger charge is 2.22. The molecule has 2 rings (SSSR count). The Kier molecular flexibility index (Phi) is 2.10. The summed E-state index contributed by atoms with van der Waals surface area (Å²) in [5, 5.41) is 0. The molecule has 0 spiro atoms. The van der Waals surface area contributed by atoms with Gasteiger partial charge in [0.15, 0.2) is 0 Å². The van der Waals surface area contributed by atoms with Crippen LogP contribution in [0.5, 0.6) is 0 Å². The molecule has 68 valence electrons. The van der Waals surface area contributed by atoms with Crippen LogP contribution in [0.3, 0.4) is 0 Å². The van der Waals surface area contributed by atoms with Crippen molar-refractivity contribution in [2.75, 3.05) is 0 Å². The lowest BCUT2D eigenvalue weighted by molar-refractivity contribution is -0.121. The predicted octanol–water partition coefficient (Wildman–Crippen LogP) is 2.91. The molecule has 0 heterocycles. The summed E-state index contributed by atoms with van der Waals surface area (Å²) in [6, 6.07) is 9.72. The lowest BCUT2D eigenvalue weighted by Crippen LogP contribution is -2.16. The van der Waals surface area contributed by atoms with E-state index < -0.39 is 0 Å². The first-order valence-electron chi connectivity index (χ1n) is 5.36. The first-order chi connectivity index (χ1) is 6.79. The van der Waals surface area contributed by atoms with Crippen molar-refractivity contribution in [2.45, 2.75) is 31.6 Å². The van der Waals surface area contributed by atoms with E-state index in [0.717, 1.165) is 18.4 Å². The van der Waals surface area contributed by atoms with Gasteiger partial charge in [-0.25, -0.2) is 0 Å². The molecule has 0 unspecified atom stereocenters. The minimum Gasteiger partial charge on any atom is -0.299 e. The summed E-state index contributed by atoms with van der Waals surface area (Å²) in [7, 11) is 0. The predicted molar refractivity (Wildman–Crippen MR) is 52.7 cm³/mol. The molecule has 0 aromatic heterocycles. The molecule has 0 bridgehead atoms. The van der Waals surface area contributed by atoms with Crippen LogP contribution in [0.1, 0.15) is 38.5 Å². The van der Waals surface area contributed by atoms with Crippen LogP contribution in [0.25, 0.3) is 0 Å². The van der Waals surface area contributed by atoms with Crippen LogP contribution in [0.15, 0.2) is 30.3 Å². The fourth-order valence-corrected chi connectivity index (χ4v) is 1.83. The van der Waals surface area contributed by atoms with E-state index in [-0.39, 0.29) is 18.1 Å². The average Bonchev–Trinajstić information content (AvgIpc) is 2.19. The highest BCUT2D eigenvalue weighted by atomic mass is 16.1. The molecular weight excluding hydrogens is 160 g/mol. The van der Waals surface area contributed by atoms with Gasteiger partial charge in [-0.15, -0.1) is 0 Å². The monoisotopic (exact) mass is 175 g/mol. The third-order valence-electron chi connectivity index (χ3n) is 2.54. The van der Waals surface area contributed by atoms with Gasteiger partial charge in [-0.05, 0) is 18.4 Å². The first kappa shape index (κ1) is 7.31. The molecule has 0 amide bonds. The van der Waals surface area contributed by atoms with E-state index in [1.807, 2.05) is 30.3 Å². The first-order valence-corrected chi connectivity index (χ1v) is 4.79. The number of Topliss-reactive ketones (excluding diaryl/α,β-unsaturated/α-hetero) is 1. The summed E-state index contributed by atoms with van der Waals surface area (Å²) in [6.45, 7) is 0. The van der Waals surface area contributed by atoms with Gasteiger partial charge < -0.3 is 0 Å². The van der Waals surface area contributed by atoms with Crippen LogP contribution in [-0.2, 0) is 4.79 Å². The van der Waals surface area contributed by atoms with Crippen LogP contribution >= 0.6 is 0 Å². The Labute approximate surface area is 80.2 Å². The summed E-state index contributed by atoms with van der Waals surface area (Å²) in [5.74, 6) is 0.0624. The summed E-state index contributed by atoms with van der Waals surface area (Å²) >= 11 is 0. The van der Waals surface area contributed by atoms with Crippen molar-refractivity contribution >= 4 is 5.78 Å². The zero-order chi connectivity index (χ0) is 9.97. The Morgan fingerprint density at radius 1 is 1.23 bits per heavy atom. The molecule has 0 radical (unpaired) electrons. The maximum Gasteiger partial charge on any atom is 0.140 e. The highest BCUT2D eigenvalue weighted by Crippen LogP contribution is 2.29. The molecule has 1 aliphatic carbocycles. The molecular formula is C12H14O. The van der Waals surface area contributed by atoms with Crippen molar-refractivity contribution in [1.82, 2.24) is 0 Å². The summed E-state index contributed by atoms with van der Waals surface area (Å²) < 4.78 is 7.88. The standard InChI is InChI=1S/C12H14O/c13-12-9-5-4-8-11(12)10-6-2-1-3-7-10/h1-3,6-7,11H,4-5,8-9H2/t11-/m0/s1/i8D/t8-,11+/m1. The van der Waals surface area contributed by atoms with Gasteiger partial charge in [-0.1, -0.05) is 36.8 Å². The lowest BCUT2D eigenvalue weighted by atomic mass is 9.83. The molecule has 0 saturated heterocycles. The second kappa shape index (κ2) is 3.73. The Hall–Kier alpha value is -1.11. The maximum absolute atomic E-state index is 11.7. The number of ketones is 1. The molecule has 1 heteroatoms. The van der Waals surface area contributed by atoms with E-state index in [9.17, 15) is 4.79 Å². The van der Waals surface area contributed by atoms with Crippen LogP contribution in [0.2, 0.25) is 0 Å². The van der Waals surface area contributed by atoms with Gasteiger partial charge in [0.2, 0.25) is 0 Å². The number of hydrogen-bond donors (Lipinski definition) is 0. The van der Waals surface area contributed by atoms with E-state index in [4.69, 9.17) is 1.37 Å². The fourth-order valence-electron chi connectivity index (χ4n) is 1.83. The van der Waals surface area contributed by atoms with Crippen LogP contribution in [0, 0.1) is 0 Å². The van der Waals surface area contributed by atoms with Crippen molar-refractivity contribution < 1.29 is 6.17 Å². The van der Waals surface area contributed by atoms with Crippen molar-refractivity contribution in [2.24, 2.45) is 0 Å². The zero-order valence-corrected chi connectivity index (χ0v) is 7.57. The largest absolute Gasteiger partial charge is 0.299 e. The van der Waals surface area contributed by atoms with Crippen LogP contribution < -0.4 is 0 Å². The molecule has 1 aromatic carbocycles. The minimum atomic E-state index is -0.237. The molecule has 1 fully saturated rings. The van der Waals surface area contributed by atoms with E-state index in [1.54, 1.807) is 0 Å². The Bertz CT molecular complexity index is 320.